The molecule has 1 aromatic carbocycles. The van der Waals surface area contributed by atoms with Gasteiger partial charge in [0.1, 0.15) is 0 Å². The van der Waals surface area contributed by atoms with Gasteiger partial charge < -0.3 is 10.6 Å². The molecule has 6 nitrogen and oxygen atoms in total. The standard InChI is InChI=1S/C13H19N3O3S/c1-14-20(18,19)7-6-16-13(17)11-3-2-10-4-5-15-9-12(10)8-11/h2-3,8,14-15H,4-7,9H2,1H3,(H,16,17). The summed E-state index contributed by atoms with van der Waals surface area (Å²) in [4.78, 5) is 12.0. The lowest BCUT2D eigenvalue weighted by Crippen LogP contribution is -2.33. The van der Waals surface area contributed by atoms with Crippen molar-refractivity contribution in [2.24, 2.45) is 0 Å². The first-order valence-electron chi connectivity index (χ1n) is 6.54. The molecule has 1 heterocycles. The smallest absolute Gasteiger partial charge is 0.251 e. The average Bonchev–Trinajstić information content (AvgIpc) is 2.46. The molecule has 110 valence electrons. The van der Waals surface area contributed by atoms with Gasteiger partial charge in [-0.15, -0.1) is 0 Å². The molecule has 0 radical (unpaired) electrons. The summed E-state index contributed by atoms with van der Waals surface area (Å²) < 4.78 is 24.7. The predicted octanol–water partition coefficient (Wildman–Crippen LogP) is -0.389. The molecule has 1 amide bonds. The third-order valence-electron chi connectivity index (χ3n) is 3.32. The maximum Gasteiger partial charge on any atom is 0.251 e. The number of nitrogens with one attached hydrogen (secondary N) is 3. The number of carbonyl (C=O) groups excluding carboxylic acids is 1. The maximum atomic E-state index is 12.0. The van der Waals surface area contributed by atoms with Gasteiger partial charge in [-0.2, -0.15) is 0 Å². The molecule has 0 saturated carbocycles. The van der Waals surface area contributed by atoms with Crippen LogP contribution in [0.2, 0.25) is 0 Å². The van der Waals surface area contributed by atoms with Crippen molar-refractivity contribution in [2.75, 3.05) is 25.9 Å². The van der Waals surface area contributed by atoms with E-state index in [4.69, 9.17) is 0 Å². The Balaban J connectivity index is 1.96. The van der Waals surface area contributed by atoms with Crippen LogP contribution in [0, 0.1) is 0 Å². The van der Waals surface area contributed by atoms with Gasteiger partial charge in [0.05, 0.1) is 5.75 Å². The van der Waals surface area contributed by atoms with Gasteiger partial charge in [0.25, 0.3) is 5.91 Å². The van der Waals surface area contributed by atoms with Crippen LogP contribution in [0.3, 0.4) is 0 Å². The van der Waals surface area contributed by atoms with Crippen LogP contribution in [0.5, 0.6) is 0 Å². The van der Waals surface area contributed by atoms with E-state index in [0.29, 0.717) is 5.56 Å². The quantitative estimate of drug-likeness (QED) is 0.691. The second-order valence-corrected chi connectivity index (χ2v) is 6.74. The molecule has 0 aromatic heterocycles. The van der Waals surface area contributed by atoms with Gasteiger partial charge in [0.15, 0.2) is 0 Å². The number of amides is 1. The lowest BCUT2D eigenvalue weighted by molar-refractivity contribution is 0.0956. The Morgan fingerprint density at radius 1 is 1.35 bits per heavy atom. The lowest BCUT2D eigenvalue weighted by Gasteiger charge is -2.17. The summed E-state index contributed by atoms with van der Waals surface area (Å²) in [5.74, 6) is -0.369. The van der Waals surface area contributed by atoms with Crippen molar-refractivity contribution in [1.82, 2.24) is 15.4 Å². The van der Waals surface area contributed by atoms with Crippen LogP contribution in [0.4, 0.5) is 0 Å². The zero-order valence-corrected chi connectivity index (χ0v) is 12.2. The Hall–Kier alpha value is -1.44. The fourth-order valence-corrected chi connectivity index (χ4v) is 2.70. The van der Waals surface area contributed by atoms with E-state index in [1.807, 2.05) is 12.1 Å². The van der Waals surface area contributed by atoms with E-state index in [9.17, 15) is 13.2 Å². The fourth-order valence-electron chi connectivity index (χ4n) is 2.12. The molecule has 1 aliphatic rings. The molecule has 0 atom stereocenters. The van der Waals surface area contributed by atoms with Crippen LogP contribution in [0.25, 0.3) is 0 Å². The Morgan fingerprint density at radius 3 is 2.90 bits per heavy atom. The van der Waals surface area contributed by atoms with Crippen molar-refractivity contribution in [2.45, 2.75) is 13.0 Å². The summed E-state index contributed by atoms with van der Waals surface area (Å²) in [5, 5.41) is 5.88. The van der Waals surface area contributed by atoms with Gasteiger partial charge in [0, 0.05) is 18.7 Å². The maximum absolute atomic E-state index is 12.0. The Kier molecular flexibility index (Phi) is 4.74. The molecule has 2 rings (SSSR count). The number of hydrogen-bond donors (Lipinski definition) is 3. The predicted molar refractivity (Wildman–Crippen MR) is 77.0 cm³/mol. The first kappa shape index (κ1) is 15.0. The van der Waals surface area contributed by atoms with Crippen molar-refractivity contribution in [3.63, 3.8) is 0 Å². The first-order chi connectivity index (χ1) is 9.52. The molecule has 0 bridgehead atoms. The molecule has 0 fully saturated rings. The summed E-state index contributed by atoms with van der Waals surface area (Å²) in [7, 11) is -1.93. The molecule has 3 N–H and O–H groups in total. The fraction of sp³-hybridized carbons (Fsp3) is 0.462. The van der Waals surface area contributed by atoms with E-state index in [0.717, 1.165) is 25.1 Å². The topological polar surface area (TPSA) is 87.3 Å². The molecule has 1 aromatic rings. The third kappa shape index (κ3) is 3.78. The van der Waals surface area contributed by atoms with E-state index in [1.165, 1.54) is 12.6 Å². The van der Waals surface area contributed by atoms with E-state index < -0.39 is 10.0 Å². The Labute approximate surface area is 119 Å². The highest BCUT2D eigenvalue weighted by Gasteiger charge is 2.13. The van der Waals surface area contributed by atoms with Crippen molar-refractivity contribution in [3.05, 3.63) is 34.9 Å². The van der Waals surface area contributed by atoms with Gasteiger partial charge in [-0.25, -0.2) is 13.1 Å². The minimum atomic E-state index is -3.29. The van der Waals surface area contributed by atoms with E-state index >= 15 is 0 Å². The van der Waals surface area contributed by atoms with Crippen LogP contribution in [0.15, 0.2) is 18.2 Å². The zero-order valence-electron chi connectivity index (χ0n) is 11.4. The monoisotopic (exact) mass is 297 g/mol. The summed E-state index contributed by atoms with van der Waals surface area (Å²) in [6, 6.07) is 5.62. The molecule has 1 aliphatic heterocycles. The average molecular weight is 297 g/mol. The van der Waals surface area contributed by atoms with Gasteiger partial charge >= 0.3 is 0 Å². The summed E-state index contributed by atoms with van der Waals surface area (Å²) in [6.07, 6.45) is 0.970. The highest BCUT2D eigenvalue weighted by Crippen LogP contribution is 2.15. The largest absolute Gasteiger partial charge is 0.351 e. The van der Waals surface area contributed by atoms with Crippen LogP contribution in [0.1, 0.15) is 21.5 Å². The molecule has 0 unspecified atom stereocenters. The van der Waals surface area contributed by atoms with Crippen LogP contribution >= 0.6 is 0 Å². The molecule has 0 spiro atoms. The first-order valence-corrected chi connectivity index (χ1v) is 8.19. The molecular formula is C13H19N3O3S. The highest BCUT2D eigenvalue weighted by atomic mass is 32.2. The van der Waals surface area contributed by atoms with Crippen molar-refractivity contribution < 1.29 is 13.2 Å². The van der Waals surface area contributed by atoms with Gasteiger partial charge in [-0.05, 0) is 43.3 Å². The molecular weight excluding hydrogens is 278 g/mol. The lowest BCUT2D eigenvalue weighted by atomic mass is 9.98. The van der Waals surface area contributed by atoms with Gasteiger partial charge in [-0.3, -0.25) is 4.79 Å². The second-order valence-electron chi connectivity index (χ2n) is 4.69. The van der Waals surface area contributed by atoms with E-state index in [-0.39, 0.29) is 18.2 Å². The number of hydrogen-bond acceptors (Lipinski definition) is 4. The van der Waals surface area contributed by atoms with E-state index in [2.05, 4.69) is 15.4 Å². The Bertz CT molecular complexity index is 599. The van der Waals surface area contributed by atoms with Crippen LogP contribution < -0.4 is 15.4 Å². The summed E-state index contributed by atoms with van der Waals surface area (Å²) in [5.41, 5.74) is 2.96. The third-order valence-corrected chi connectivity index (χ3v) is 4.69. The number of sulfonamides is 1. The molecule has 0 aliphatic carbocycles. The highest BCUT2D eigenvalue weighted by molar-refractivity contribution is 7.89. The van der Waals surface area contributed by atoms with Crippen LogP contribution in [-0.2, 0) is 23.0 Å². The number of carbonyl (C=O) groups is 1. The number of rotatable bonds is 5. The molecule has 0 saturated heterocycles. The minimum absolute atomic E-state index is 0.0946. The zero-order chi connectivity index (χ0) is 14.6. The number of fused-ring (bicyclic) bond motifs is 1. The summed E-state index contributed by atoms with van der Waals surface area (Å²) in [6.45, 7) is 1.82. The van der Waals surface area contributed by atoms with Crippen molar-refractivity contribution >= 4 is 15.9 Å². The summed E-state index contributed by atoms with van der Waals surface area (Å²) >= 11 is 0. The van der Waals surface area contributed by atoms with Crippen LogP contribution in [-0.4, -0.2) is 40.2 Å². The number of benzene rings is 1. The van der Waals surface area contributed by atoms with Crippen molar-refractivity contribution in [1.29, 1.82) is 0 Å². The minimum Gasteiger partial charge on any atom is -0.351 e. The van der Waals surface area contributed by atoms with Crippen molar-refractivity contribution in [3.8, 4) is 0 Å². The second kappa shape index (κ2) is 6.34. The van der Waals surface area contributed by atoms with Gasteiger partial charge in [0.2, 0.25) is 10.0 Å². The molecule has 20 heavy (non-hydrogen) atoms. The normalized spacial score (nSPS) is 14.7. The molecule has 7 heteroatoms. The van der Waals surface area contributed by atoms with Gasteiger partial charge in [-0.1, -0.05) is 6.07 Å². The SMILES string of the molecule is CNS(=O)(=O)CCNC(=O)c1ccc2c(c1)CNCC2. The Morgan fingerprint density at radius 2 is 2.15 bits per heavy atom. The van der Waals surface area contributed by atoms with E-state index in [1.54, 1.807) is 6.07 Å².